The molecule has 0 aliphatic carbocycles. The van der Waals surface area contributed by atoms with Crippen LogP contribution in [0.1, 0.15) is 10.4 Å². The average Bonchev–Trinajstić information content (AvgIpc) is 2.43. The summed E-state index contributed by atoms with van der Waals surface area (Å²) < 4.78 is 5.70. The molecule has 0 aromatic heterocycles. The number of benzene rings is 2. The van der Waals surface area contributed by atoms with Gasteiger partial charge in [-0.05, 0) is 24.3 Å². The van der Waals surface area contributed by atoms with Crippen LogP contribution in [0.15, 0.2) is 52.3 Å². The number of rotatable bonds is 1. The molecule has 5 heteroatoms. The van der Waals surface area contributed by atoms with Crippen molar-refractivity contribution in [3.8, 4) is 11.5 Å². The van der Waals surface area contributed by atoms with Gasteiger partial charge in [0, 0.05) is 0 Å². The molecule has 90 valence electrons. The zero-order chi connectivity index (χ0) is 12.5. The number of hydrogen-bond acceptors (Lipinski definition) is 5. The summed E-state index contributed by atoms with van der Waals surface area (Å²) in [6.45, 7) is 0. The van der Waals surface area contributed by atoms with Crippen molar-refractivity contribution in [3.05, 3.63) is 48.0 Å². The Kier molecular flexibility index (Phi) is 2.70. The summed E-state index contributed by atoms with van der Waals surface area (Å²) in [5.41, 5.74) is 0.287. The first-order valence-corrected chi connectivity index (χ1v) is 6.05. The van der Waals surface area contributed by atoms with Crippen LogP contribution in [0.25, 0.3) is 0 Å². The molecule has 1 aliphatic rings. The van der Waals surface area contributed by atoms with E-state index in [9.17, 15) is 4.79 Å². The van der Waals surface area contributed by atoms with Crippen LogP contribution in [0.2, 0.25) is 0 Å². The molecule has 1 heterocycles. The lowest BCUT2D eigenvalue weighted by atomic mass is 10.2. The van der Waals surface area contributed by atoms with Crippen molar-refractivity contribution >= 4 is 17.7 Å². The molecule has 0 spiro atoms. The second kappa shape index (κ2) is 4.36. The van der Waals surface area contributed by atoms with Crippen LogP contribution < -0.4 is 4.74 Å². The molecule has 0 radical (unpaired) electrons. The molecule has 3 rings (SSSR count). The van der Waals surface area contributed by atoms with E-state index in [0.29, 0.717) is 10.6 Å². The molecule has 0 atom stereocenters. The maximum atomic E-state index is 11.5. The third-order valence-electron chi connectivity index (χ3n) is 2.56. The molecule has 0 saturated heterocycles. The minimum Gasteiger partial charge on any atom is -0.455 e. The van der Waals surface area contributed by atoms with Crippen molar-refractivity contribution in [2.45, 2.75) is 9.79 Å². The van der Waals surface area contributed by atoms with Crippen molar-refractivity contribution in [2.75, 3.05) is 0 Å². The zero-order valence-electron chi connectivity index (χ0n) is 9.12. The first kappa shape index (κ1) is 11.1. The standard InChI is InChI=1S/C13H8O4S/c14-13(17-15)8-4-3-6-10-12(8)18-11-7-2-1-5-9(11)16-10/h1-7,15H. The molecule has 0 unspecified atom stereocenters. The van der Waals surface area contributed by atoms with E-state index in [2.05, 4.69) is 4.89 Å². The molecule has 0 saturated carbocycles. The van der Waals surface area contributed by atoms with E-state index in [0.717, 1.165) is 10.6 Å². The number of carbonyl (C=O) groups is 1. The third-order valence-corrected chi connectivity index (χ3v) is 3.75. The first-order valence-electron chi connectivity index (χ1n) is 5.23. The van der Waals surface area contributed by atoms with E-state index in [-0.39, 0.29) is 5.56 Å². The maximum Gasteiger partial charge on any atom is 0.374 e. The van der Waals surface area contributed by atoms with Crippen LogP contribution in [0, 0.1) is 0 Å². The van der Waals surface area contributed by atoms with Gasteiger partial charge in [-0.2, -0.15) is 5.26 Å². The highest BCUT2D eigenvalue weighted by Crippen LogP contribution is 2.48. The van der Waals surface area contributed by atoms with Gasteiger partial charge in [0.05, 0.1) is 15.4 Å². The van der Waals surface area contributed by atoms with Gasteiger partial charge in [0.25, 0.3) is 0 Å². The van der Waals surface area contributed by atoms with Gasteiger partial charge in [0.15, 0.2) is 0 Å². The summed E-state index contributed by atoms with van der Waals surface area (Å²) in [6.07, 6.45) is 0. The molecular weight excluding hydrogens is 252 g/mol. The van der Waals surface area contributed by atoms with E-state index in [1.165, 1.54) is 11.8 Å². The van der Waals surface area contributed by atoms with Gasteiger partial charge in [-0.1, -0.05) is 30.0 Å². The highest BCUT2D eigenvalue weighted by molar-refractivity contribution is 7.99. The molecule has 4 nitrogen and oxygen atoms in total. The Hall–Kier alpha value is -1.98. The second-order valence-corrected chi connectivity index (χ2v) is 4.71. The van der Waals surface area contributed by atoms with E-state index in [1.807, 2.05) is 24.3 Å². The second-order valence-electron chi connectivity index (χ2n) is 3.66. The van der Waals surface area contributed by atoms with Gasteiger partial charge >= 0.3 is 5.97 Å². The van der Waals surface area contributed by atoms with Gasteiger partial charge < -0.3 is 4.74 Å². The number of para-hydroxylation sites is 1. The van der Waals surface area contributed by atoms with E-state index >= 15 is 0 Å². The van der Waals surface area contributed by atoms with Crippen molar-refractivity contribution in [2.24, 2.45) is 0 Å². The average molecular weight is 260 g/mol. The predicted molar refractivity (Wildman–Crippen MR) is 65.1 cm³/mol. The summed E-state index contributed by atoms with van der Waals surface area (Å²) in [5.74, 6) is 0.549. The van der Waals surface area contributed by atoms with Gasteiger partial charge in [-0.25, -0.2) is 4.79 Å². The lowest BCUT2D eigenvalue weighted by Crippen LogP contribution is -2.06. The Bertz CT molecular complexity index is 624. The monoisotopic (exact) mass is 260 g/mol. The summed E-state index contributed by atoms with van der Waals surface area (Å²) in [7, 11) is 0. The Balaban J connectivity index is 2.10. The van der Waals surface area contributed by atoms with E-state index in [1.54, 1.807) is 18.2 Å². The van der Waals surface area contributed by atoms with Crippen LogP contribution >= 0.6 is 11.8 Å². The van der Waals surface area contributed by atoms with Crippen LogP contribution in [0.4, 0.5) is 0 Å². The van der Waals surface area contributed by atoms with Gasteiger partial charge in [0.1, 0.15) is 11.5 Å². The molecule has 0 amide bonds. The lowest BCUT2D eigenvalue weighted by Gasteiger charge is -2.20. The molecule has 2 aromatic rings. The van der Waals surface area contributed by atoms with Crippen molar-refractivity contribution < 1.29 is 19.7 Å². The third kappa shape index (κ3) is 1.73. The summed E-state index contributed by atoms with van der Waals surface area (Å²) in [5, 5.41) is 8.49. The van der Waals surface area contributed by atoms with Gasteiger partial charge in [-0.3, -0.25) is 4.89 Å². The Morgan fingerprint density at radius 1 is 1.11 bits per heavy atom. The molecule has 0 fully saturated rings. The minimum atomic E-state index is -0.790. The molecule has 1 aliphatic heterocycles. The topological polar surface area (TPSA) is 55.8 Å². The van der Waals surface area contributed by atoms with Crippen LogP contribution in [-0.4, -0.2) is 11.2 Å². The quantitative estimate of drug-likeness (QED) is 0.535. The Morgan fingerprint density at radius 3 is 2.72 bits per heavy atom. The largest absolute Gasteiger partial charge is 0.455 e. The van der Waals surface area contributed by atoms with Crippen LogP contribution in [-0.2, 0) is 4.89 Å². The van der Waals surface area contributed by atoms with Crippen LogP contribution in [0.3, 0.4) is 0 Å². The molecule has 0 bridgehead atoms. The van der Waals surface area contributed by atoms with E-state index < -0.39 is 5.97 Å². The SMILES string of the molecule is O=C(OO)c1cccc2c1Sc1ccccc1O2. The summed E-state index contributed by atoms with van der Waals surface area (Å²) in [6, 6.07) is 12.6. The van der Waals surface area contributed by atoms with Crippen LogP contribution in [0.5, 0.6) is 11.5 Å². The van der Waals surface area contributed by atoms with E-state index in [4.69, 9.17) is 9.99 Å². The van der Waals surface area contributed by atoms with Gasteiger partial charge in [-0.15, -0.1) is 0 Å². The molecule has 1 N–H and O–H groups in total. The van der Waals surface area contributed by atoms with Crippen molar-refractivity contribution in [1.82, 2.24) is 0 Å². The number of carbonyl (C=O) groups excluding carboxylic acids is 1. The summed E-state index contributed by atoms with van der Waals surface area (Å²) >= 11 is 1.42. The fourth-order valence-electron chi connectivity index (χ4n) is 1.76. The lowest BCUT2D eigenvalue weighted by molar-refractivity contribution is -0.183. The smallest absolute Gasteiger partial charge is 0.374 e. The highest BCUT2D eigenvalue weighted by atomic mass is 32.2. The molecular formula is C13H8O4S. The normalized spacial score (nSPS) is 12.1. The predicted octanol–water partition coefficient (Wildman–Crippen LogP) is 3.57. The fourth-order valence-corrected chi connectivity index (χ4v) is 2.81. The molecule has 2 aromatic carbocycles. The zero-order valence-corrected chi connectivity index (χ0v) is 9.94. The summed E-state index contributed by atoms with van der Waals surface area (Å²) in [4.78, 5) is 16.8. The minimum absolute atomic E-state index is 0.287. The Morgan fingerprint density at radius 2 is 1.89 bits per heavy atom. The van der Waals surface area contributed by atoms with Gasteiger partial charge in [0.2, 0.25) is 0 Å². The molecule has 18 heavy (non-hydrogen) atoms. The first-order chi connectivity index (χ1) is 8.79. The fraction of sp³-hybridized carbons (Fsp3) is 0. The Labute approximate surface area is 107 Å². The number of ether oxygens (including phenoxy) is 1. The number of fused-ring (bicyclic) bond motifs is 2. The van der Waals surface area contributed by atoms with Crippen molar-refractivity contribution in [3.63, 3.8) is 0 Å². The maximum absolute atomic E-state index is 11.5. The highest BCUT2D eigenvalue weighted by Gasteiger charge is 2.23. The number of hydrogen-bond donors (Lipinski definition) is 1. The van der Waals surface area contributed by atoms with Crippen molar-refractivity contribution in [1.29, 1.82) is 0 Å².